The smallest absolute Gasteiger partial charge is 0.0966 e. The third-order valence-corrected chi connectivity index (χ3v) is 11.2. The summed E-state index contributed by atoms with van der Waals surface area (Å²) in [5, 5.41) is 6.10. The molecule has 0 amide bonds. The standard InChI is InChI=1S/C27H26P2.Ni.H2O/c1-5-14-24(15-6-1)28(25-16-7-2-8-17-25)22-13-23-29(26-18-9-3-10-19-26)27-20-11-4-12-21-27;;/h1-12,14-21H,13,22-23H2;;1H2/p+2. The minimum Gasteiger partial charge on any atom is -0.412 e. The van der Waals surface area contributed by atoms with Crippen molar-refractivity contribution in [1.82, 2.24) is 0 Å². The van der Waals surface area contributed by atoms with E-state index in [0.717, 1.165) is 0 Å². The Hall–Kier alpha value is -1.81. The molecule has 0 unspecified atom stereocenters. The van der Waals surface area contributed by atoms with Crippen molar-refractivity contribution in [3.8, 4) is 0 Å². The summed E-state index contributed by atoms with van der Waals surface area (Å²) >= 11 is 0. The van der Waals surface area contributed by atoms with E-state index >= 15 is 0 Å². The molecule has 4 aromatic carbocycles. The molecule has 0 aliphatic rings. The van der Waals surface area contributed by atoms with Gasteiger partial charge in [0.05, 0.1) is 49.4 Å². The van der Waals surface area contributed by atoms with Crippen molar-refractivity contribution in [2.75, 3.05) is 12.3 Å². The number of hydrogen-bond donors (Lipinski definition) is 0. The number of benzene rings is 4. The van der Waals surface area contributed by atoms with Gasteiger partial charge >= 0.3 is 0 Å². The Balaban J connectivity index is 0.00000171. The molecular formula is C27H30NiOP2+2. The maximum atomic E-state index is 2.32. The molecule has 162 valence electrons. The van der Waals surface area contributed by atoms with Gasteiger partial charge in [0.2, 0.25) is 0 Å². The summed E-state index contributed by atoms with van der Waals surface area (Å²) in [5.41, 5.74) is 0. The van der Waals surface area contributed by atoms with Crippen molar-refractivity contribution in [1.29, 1.82) is 0 Å². The van der Waals surface area contributed by atoms with Crippen LogP contribution in [0.1, 0.15) is 6.42 Å². The molecule has 0 radical (unpaired) electrons. The monoisotopic (exact) mass is 490 g/mol. The summed E-state index contributed by atoms with van der Waals surface area (Å²) in [5.74, 6) is 0. The molecule has 0 aliphatic carbocycles. The fraction of sp³-hybridized carbons (Fsp3) is 0.111. The zero-order valence-corrected chi connectivity index (χ0v) is 20.5. The van der Waals surface area contributed by atoms with Gasteiger partial charge in [0.15, 0.2) is 0 Å². The normalized spacial score (nSPS) is 10.4. The molecule has 31 heavy (non-hydrogen) atoms. The Labute approximate surface area is 198 Å². The summed E-state index contributed by atoms with van der Waals surface area (Å²) in [7, 11) is -1.48. The fourth-order valence-electron chi connectivity index (χ4n) is 3.91. The first-order valence-corrected chi connectivity index (χ1v) is 13.8. The zero-order chi connectivity index (χ0) is 19.7. The van der Waals surface area contributed by atoms with Gasteiger partial charge in [-0.15, -0.1) is 0 Å². The summed E-state index contributed by atoms with van der Waals surface area (Å²) in [6.45, 7) is 0. The Morgan fingerprint density at radius 3 is 0.839 bits per heavy atom. The van der Waals surface area contributed by atoms with Crippen LogP contribution in [0.2, 0.25) is 0 Å². The van der Waals surface area contributed by atoms with Crippen molar-refractivity contribution in [3.05, 3.63) is 121 Å². The summed E-state index contributed by atoms with van der Waals surface area (Å²) in [4.78, 5) is 0. The van der Waals surface area contributed by atoms with Crippen molar-refractivity contribution < 1.29 is 22.0 Å². The van der Waals surface area contributed by atoms with Gasteiger partial charge in [-0.3, -0.25) is 0 Å². The van der Waals surface area contributed by atoms with Gasteiger partial charge < -0.3 is 5.48 Å². The van der Waals surface area contributed by atoms with Crippen LogP contribution in [0.4, 0.5) is 0 Å². The van der Waals surface area contributed by atoms with E-state index in [4.69, 9.17) is 0 Å². The van der Waals surface area contributed by atoms with Crippen molar-refractivity contribution in [2.24, 2.45) is 0 Å². The molecule has 0 saturated heterocycles. The predicted octanol–water partition coefficient (Wildman–Crippen LogP) is 4.28. The molecule has 4 aromatic rings. The largest absolute Gasteiger partial charge is 0.412 e. The van der Waals surface area contributed by atoms with E-state index in [0.29, 0.717) is 0 Å². The minimum atomic E-state index is -0.742. The van der Waals surface area contributed by atoms with E-state index in [1.165, 1.54) is 40.0 Å². The molecule has 4 rings (SSSR count). The molecule has 0 bridgehead atoms. The van der Waals surface area contributed by atoms with Crippen LogP contribution in [-0.2, 0) is 16.5 Å². The first kappa shape index (κ1) is 25.5. The van der Waals surface area contributed by atoms with Gasteiger partial charge in [0.1, 0.15) is 0 Å². The van der Waals surface area contributed by atoms with Gasteiger partial charge in [-0.05, 0) is 48.5 Å². The van der Waals surface area contributed by atoms with Crippen LogP contribution in [0.15, 0.2) is 121 Å². The van der Waals surface area contributed by atoms with Gasteiger partial charge in [-0.1, -0.05) is 72.8 Å². The van der Waals surface area contributed by atoms with E-state index in [9.17, 15) is 0 Å². The first-order chi connectivity index (χ1) is 14.4. The minimum absolute atomic E-state index is 0. The second-order valence-corrected chi connectivity index (χ2v) is 12.5. The van der Waals surface area contributed by atoms with Crippen LogP contribution < -0.4 is 21.2 Å². The maximum absolute atomic E-state index is 2.32. The van der Waals surface area contributed by atoms with Crippen LogP contribution >= 0.6 is 15.8 Å². The molecule has 1 nitrogen and oxygen atoms in total. The molecule has 4 heteroatoms. The van der Waals surface area contributed by atoms with Gasteiger partial charge in [-0.25, -0.2) is 0 Å². The van der Waals surface area contributed by atoms with Crippen LogP contribution in [0, 0.1) is 0 Å². The average molecular weight is 491 g/mol. The van der Waals surface area contributed by atoms with Crippen molar-refractivity contribution >= 4 is 37.1 Å². The van der Waals surface area contributed by atoms with Gasteiger partial charge in [0, 0.05) is 22.9 Å². The number of rotatable bonds is 8. The molecule has 0 spiro atoms. The fourth-order valence-corrected chi connectivity index (χ4v) is 9.52. The molecule has 0 aromatic heterocycles. The maximum Gasteiger partial charge on any atom is 0.0966 e. The van der Waals surface area contributed by atoms with E-state index in [2.05, 4.69) is 121 Å². The quantitative estimate of drug-likeness (QED) is 0.261. The molecule has 0 fully saturated rings. The third-order valence-electron chi connectivity index (χ3n) is 5.34. The Morgan fingerprint density at radius 1 is 0.387 bits per heavy atom. The van der Waals surface area contributed by atoms with Gasteiger partial charge in [-0.2, -0.15) is 0 Å². The van der Waals surface area contributed by atoms with Crippen LogP contribution in [0.25, 0.3) is 0 Å². The van der Waals surface area contributed by atoms with Crippen molar-refractivity contribution in [2.45, 2.75) is 6.42 Å². The zero-order valence-electron chi connectivity index (χ0n) is 17.5. The topological polar surface area (TPSA) is 31.5 Å². The summed E-state index contributed by atoms with van der Waals surface area (Å²) < 4.78 is 0. The predicted molar refractivity (Wildman–Crippen MR) is 139 cm³/mol. The molecule has 0 saturated carbocycles. The average Bonchev–Trinajstić information content (AvgIpc) is 2.81. The third kappa shape index (κ3) is 7.10. The Morgan fingerprint density at radius 2 is 0.613 bits per heavy atom. The van der Waals surface area contributed by atoms with E-state index in [1.807, 2.05) is 0 Å². The Bertz CT molecular complexity index is 821. The van der Waals surface area contributed by atoms with Crippen LogP contribution in [0.5, 0.6) is 0 Å². The Kier molecular flexibility index (Phi) is 11.1. The summed E-state index contributed by atoms with van der Waals surface area (Å²) in [6, 6.07) is 44.6. The number of hydrogen-bond acceptors (Lipinski definition) is 0. The molecule has 0 atom stereocenters. The molecule has 0 heterocycles. The van der Waals surface area contributed by atoms with Crippen molar-refractivity contribution in [3.63, 3.8) is 0 Å². The second-order valence-electron chi connectivity index (χ2n) is 7.27. The van der Waals surface area contributed by atoms with E-state index in [1.54, 1.807) is 0 Å². The van der Waals surface area contributed by atoms with Crippen LogP contribution in [0.3, 0.4) is 0 Å². The van der Waals surface area contributed by atoms with E-state index < -0.39 is 15.8 Å². The molecule has 2 N–H and O–H groups in total. The molecular weight excluding hydrogens is 461 g/mol. The van der Waals surface area contributed by atoms with E-state index in [-0.39, 0.29) is 22.0 Å². The van der Waals surface area contributed by atoms with Gasteiger partial charge in [0.25, 0.3) is 0 Å². The second kappa shape index (κ2) is 13.6. The van der Waals surface area contributed by atoms with Crippen LogP contribution in [-0.4, -0.2) is 17.8 Å². The first-order valence-electron chi connectivity index (χ1n) is 10.3. The summed E-state index contributed by atoms with van der Waals surface area (Å²) in [6.07, 6.45) is 3.84. The molecule has 0 aliphatic heterocycles. The SMILES string of the molecule is O.[Ni].c1ccc([PH+](CCC[PH+](c2ccccc2)c2ccccc2)c2ccccc2)cc1.